The highest BCUT2D eigenvalue weighted by Gasteiger charge is 2.15. The molecule has 2 rings (SSSR count). The van der Waals surface area contributed by atoms with Crippen LogP contribution in [0.3, 0.4) is 0 Å². The van der Waals surface area contributed by atoms with Gasteiger partial charge in [0.1, 0.15) is 5.82 Å². The van der Waals surface area contributed by atoms with E-state index < -0.39 is 5.97 Å². The van der Waals surface area contributed by atoms with Crippen LogP contribution in [0.2, 0.25) is 0 Å². The maximum absolute atomic E-state index is 10.9. The van der Waals surface area contributed by atoms with Crippen LogP contribution in [0.25, 0.3) is 10.1 Å². The van der Waals surface area contributed by atoms with E-state index in [0.717, 1.165) is 17.6 Å². The second-order valence-corrected chi connectivity index (χ2v) is 6.41. The number of hydrogen-bond donors (Lipinski definition) is 2. The second kappa shape index (κ2) is 6.70. The predicted molar refractivity (Wildman–Crippen MR) is 83.3 cm³/mol. The molecular weight excluding hydrogens is 272 g/mol. The number of hydrogen-bond acceptors (Lipinski definition) is 4. The Morgan fingerprint density at radius 1 is 1.45 bits per heavy atom. The van der Waals surface area contributed by atoms with Crippen molar-refractivity contribution >= 4 is 33.2 Å². The average molecular weight is 292 g/mol. The zero-order valence-electron chi connectivity index (χ0n) is 11.8. The van der Waals surface area contributed by atoms with Crippen molar-refractivity contribution in [3.63, 3.8) is 0 Å². The van der Waals surface area contributed by atoms with Crippen LogP contribution in [0.1, 0.15) is 26.7 Å². The molecule has 108 valence electrons. The van der Waals surface area contributed by atoms with E-state index in [2.05, 4.69) is 24.1 Å². The quantitative estimate of drug-likeness (QED) is 0.813. The lowest BCUT2D eigenvalue weighted by molar-refractivity contribution is -0.138. The Hall–Kier alpha value is -1.62. The molecule has 1 atom stereocenters. The van der Waals surface area contributed by atoms with Crippen molar-refractivity contribution in [3.8, 4) is 0 Å². The molecule has 1 unspecified atom stereocenters. The number of thiophene rings is 1. The fraction of sp³-hybridized carbons (Fsp3) is 0.467. The van der Waals surface area contributed by atoms with Crippen LogP contribution < -0.4 is 5.32 Å². The van der Waals surface area contributed by atoms with Gasteiger partial charge in [-0.3, -0.25) is 4.79 Å². The van der Waals surface area contributed by atoms with Gasteiger partial charge < -0.3 is 10.4 Å². The lowest BCUT2D eigenvalue weighted by Gasteiger charge is -2.18. The number of aliphatic carboxylic acids is 1. The van der Waals surface area contributed by atoms with Crippen LogP contribution in [0.5, 0.6) is 0 Å². The van der Waals surface area contributed by atoms with Gasteiger partial charge in [0.2, 0.25) is 0 Å². The van der Waals surface area contributed by atoms with Crippen molar-refractivity contribution in [2.24, 2.45) is 11.8 Å². The zero-order chi connectivity index (χ0) is 14.5. The normalized spacial score (nSPS) is 12.8. The minimum absolute atomic E-state index is 0.128. The molecule has 2 aromatic heterocycles. The van der Waals surface area contributed by atoms with Crippen molar-refractivity contribution in [1.82, 2.24) is 4.98 Å². The fourth-order valence-electron chi connectivity index (χ4n) is 2.43. The van der Waals surface area contributed by atoms with Crippen LogP contribution in [-0.4, -0.2) is 22.6 Å². The Bertz CT molecular complexity index is 580. The van der Waals surface area contributed by atoms with Gasteiger partial charge in [-0.1, -0.05) is 13.8 Å². The number of carboxylic acid groups (broad SMARTS) is 1. The maximum atomic E-state index is 10.9. The number of aromatic nitrogens is 1. The molecular formula is C15H20N2O2S. The third-order valence-electron chi connectivity index (χ3n) is 3.21. The molecule has 2 N–H and O–H groups in total. The fourth-order valence-corrected chi connectivity index (χ4v) is 3.21. The summed E-state index contributed by atoms with van der Waals surface area (Å²) >= 11 is 1.68. The molecule has 0 aliphatic rings. The van der Waals surface area contributed by atoms with Crippen molar-refractivity contribution in [1.29, 1.82) is 0 Å². The van der Waals surface area contributed by atoms with E-state index in [-0.39, 0.29) is 12.3 Å². The Balaban J connectivity index is 2.04. The molecule has 0 fully saturated rings. The van der Waals surface area contributed by atoms with Gasteiger partial charge in [-0.2, -0.15) is 0 Å². The van der Waals surface area contributed by atoms with Gasteiger partial charge in [-0.15, -0.1) is 11.3 Å². The highest BCUT2D eigenvalue weighted by atomic mass is 32.1. The first-order valence-electron chi connectivity index (χ1n) is 6.84. The van der Waals surface area contributed by atoms with Crippen molar-refractivity contribution in [3.05, 3.63) is 23.7 Å². The Labute approximate surface area is 122 Å². The van der Waals surface area contributed by atoms with E-state index in [0.29, 0.717) is 12.5 Å². The van der Waals surface area contributed by atoms with Crippen LogP contribution in [0.15, 0.2) is 23.7 Å². The van der Waals surface area contributed by atoms with Gasteiger partial charge in [-0.25, -0.2) is 4.98 Å². The van der Waals surface area contributed by atoms with Gasteiger partial charge in [0.15, 0.2) is 0 Å². The van der Waals surface area contributed by atoms with E-state index in [4.69, 9.17) is 5.11 Å². The summed E-state index contributed by atoms with van der Waals surface area (Å²) in [6.07, 6.45) is 2.89. The minimum Gasteiger partial charge on any atom is -0.481 e. The number of nitrogens with one attached hydrogen (secondary N) is 1. The molecule has 0 saturated heterocycles. The number of rotatable bonds is 7. The van der Waals surface area contributed by atoms with Crippen LogP contribution in [0, 0.1) is 11.8 Å². The largest absolute Gasteiger partial charge is 0.481 e. The summed E-state index contributed by atoms with van der Waals surface area (Å²) < 4.78 is 1.20. The van der Waals surface area contributed by atoms with E-state index in [1.165, 1.54) is 4.70 Å². The van der Waals surface area contributed by atoms with Crippen molar-refractivity contribution in [2.75, 3.05) is 11.9 Å². The number of fused-ring (bicyclic) bond motifs is 1. The van der Waals surface area contributed by atoms with Crippen LogP contribution in [-0.2, 0) is 4.79 Å². The molecule has 4 nitrogen and oxygen atoms in total. The maximum Gasteiger partial charge on any atom is 0.303 e. The Morgan fingerprint density at radius 2 is 2.25 bits per heavy atom. The van der Waals surface area contributed by atoms with E-state index >= 15 is 0 Å². The summed E-state index contributed by atoms with van der Waals surface area (Å²) in [6.45, 7) is 4.88. The number of pyridine rings is 1. The third kappa shape index (κ3) is 3.93. The molecule has 0 bridgehead atoms. The number of carboxylic acids is 1. The van der Waals surface area contributed by atoms with Gasteiger partial charge in [0.05, 0.1) is 0 Å². The first-order chi connectivity index (χ1) is 9.56. The van der Waals surface area contributed by atoms with E-state index in [9.17, 15) is 4.79 Å². The summed E-state index contributed by atoms with van der Waals surface area (Å²) in [7, 11) is 0. The lowest BCUT2D eigenvalue weighted by Crippen LogP contribution is -2.20. The summed E-state index contributed by atoms with van der Waals surface area (Å²) in [6, 6.07) is 4.04. The lowest BCUT2D eigenvalue weighted by atomic mass is 9.94. The smallest absolute Gasteiger partial charge is 0.303 e. The zero-order valence-corrected chi connectivity index (χ0v) is 12.6. The van der Waals surface area contributed by atoms with E-state index in [1.807, 2.05) is 17.5 Å². The summed E-state index contributed by atoms with van der Waals surface area (Å²) in [5.41, 5.74) is 0. The van der Waals surface area contributed by atoms with Gasteiger partial charge in [0.25, 0.3) is 0 Å². The molecule has 5 heteroatoms. The van der Waals surface area contributed by atoms with Crippen LogP contribution >= 0.6 is 11.3 Å². The molecule has 0 saturated carbocycles. The van der Waals surface area contributed by atoms with Gasteiger partial charge in [0, 0.05) is 29.2 Å². The topological polar surface area (TPSA) is 62.2 Å². The van der Waals surface area contributed by atoms with Crippen molar-refractivity contribution in [2.45, 2.75) is 26.7 Å². The Kier molecular flexibility index (Phi) is 4.95. The highest BCUT2D eigenvalue weighted by molar-refractivity contribution is 7.17. The van der Waals surface area contributed by atoms with Gasteiger partial charge in [-0.05, 0) is 35.8 Å². The molecule has 0 aliphatic heterocycles. The monoisotopic (exact) mass is 292 g/mol. The molecule has 2 heterocycles. The summed E-state index contributed by atoms with van der Waals surface area (Å²) in [5.74, 6) is 0.733. The third-order valence-corrected chi connectivity index (χ3v) is 4.09. The summed E-state index contributed by atoms with van der Waals surface area (Å²) in [5, 5.41) is 15.5. The second-order valence-electron chi connectivity index (χ2n) is 5.47. The van der Waals surface area contributed by atoms with Crippen LogP contribution in [0.4, 0.5) is 5.82 Å². The predicted octanol–water partition coefficient (Wildman–Crippen LogP) is 3.85. The average Bonchev–Trinajstić information content (AvgIpc) is 2.83. The first kappa shape index (κ1) is 14.8. The highest BCUT2D eigenvalue weighted by Crippen LogP contribution is 2.26. The number of anilines is 1. The van der Waals surface area contributed by atoms with E-state index in [1.54, 1.807) is 17.5 Å². The SMILES string of the molecule is CC(C)CC(CNc1nccc2sccc12)CC(=O)O. The van der Waals surface area contributed by atoms with Crippen molar-refractivity contribution < 1.29 is 9.90 Å². The van der Waals surface area contributed by atoms with Gasteiger partial charge >= 0.3 is 5.97 Å². The molecule has 0 aromatic carbocycles. The first-order valence-corrected chi connectivity index (χ1v) is 7.72. The molecule has 0 amide bonds. The molecule has 0 radical (unpaired) electrons. The Morgan fingerprint density at radius 3 is 2.95 bits per heavy atom. The number of nitrogens with zero attached hydrogens (tertiary/aromatic N) is 1. The number of carbonyl (C=O) groups is 1. The summed E-state index contributed by atoms with van der Waals surface area (Å²) in [4.78, 5) is 15.3. The molecule has 20 heavy (non-hydrogen) atoms. The molecule has 0 aliphatic carbocycles. The standard InChI is InChI=1S/C15H20N2O2S/c1-10(2)7-11(8-14(18)19)9-17-15-12-4-6-20-13(12)3-5-16-15/h3-6,10-11H,7-9H2,1-2H3,(H,16,17)(H,18,19). The molecule has 2 aromatic rings. The molecule has 0 spiro atoms. The minimum atomic E-state index is -0.737.